The molecule has 0 fully saturated rings. The van der Waals surface area contributed by atoms with Crippen molar-refractivity contribution in [1.29, 1.82) is 0 Å². The highest BCUT2D eigenvalue weighted by molar-refractivity contribution is 5.67. The Kier molecular flexibility index (Phi) is 9.77. The summed E-state index contributed by atoms with van der Waals surface area (Å²) in [6.07, 6.45) is 12.2. The third kappa shape index (κ3) is 6.50. The van der Waals surface area contributed by atoms with E-state index in [9.17, 15) is 0 Å². The molecule has 0 bridgehead atoms. The molecule has 1 atom stereocenters. The standard InChI is InChI=1S/C28H41N3.C2H2/c1-7-16-30(17-8-2)23(5)26-11-9-10-25-19-31(20-27(25)26)28(6,29)15-14-24-13-12-21(3)22(4)18-24;1-2/h9-13,18H,5,7-8,14-17,19-20,29H2,1-4,6H3;1-2H. The molecule has 2 N–H and O–H groups in total. The zero-order valence-electron chi connectivity index (χ0n) is 21.5. The van der Waals surface area contributed by atoms with Gasteiger partial charge in [0.05, 0.1) is 5.66 Å². The van der Waals surface area contributed by atoms with Crippen LogP contribution < -0.4 is 5.73 Å². The monoisotopic (exact) mass is 445 g/mol. The van der Waals surface area contributed by atoms with Crippen LogP contribution in [0.3, 0.4) is 0 Å². The summed E-state index contributed by atoms with van der Waals surface area (Å²) in [5.74, 6) is 0. The van der Waals surface area contributed by atoms with Crippen molar-refractivity contribution in [2.75, 3.05) is 13.1 Å². The Bertz CT molecular complexity index is 948. The van der Waals surface area contributed by atoms with E-state index in [0.717, 1.165) is 57.6 Å². The van der Waals surface area contributed by atoms with Crippen LogP contribution in [-0.2, 0) is 19.5 Å². The number of nitrogens with zero attached hydrogens (tertiary/aromatic N) is 2. The van der Waals surface area contributed by atoms with Gasteiger partial charge in [0.1, 0.15) is 0 Å². The maximum absolute atomic E-state index is 6.89. The lowest BCUT2D eigenvalue weighted by Gasteiger charge is -2.35. The zero-order chi connectivity index (χ0) is 24.6. The summed E-state index contributed by atoms with van der Waals surface area (Å²) in [5.41, 5.74) is 15.9. The van der Waals surface area contributed by atoms with Gasteiger partial charge < -0.3 is 10.6 Å². The van der Waals surface area contributed by atoms with Crippen LogP contribution in [0.1, 0.15) is 73.4 Å². The van der Waals surface area contributed by atoms with Crippen molar-refractivity contribution in [2.45, 2.75) is 79.1 Å². The molecule has 0 radical (unpaired) electrons. The topological polar surface area (TPSA) is 32.5 Å². The van der Waals surface area contributed by atoms with Gasteiger partial charge in [-0.05, 0) is 74.3 Å². The summed E-state index contributed by atoms with van der Waals surface area (Å²) in [6.45, 7) is 19.5. The fourth-order valence-corrected chi connectivity index (χ4v) is 4.66. The van der Waals surface area contributed by atoms with Crippen LogP contribution in [0.25, 0.3) is 5.70 Å². The Morgan fingerprint density at radius 1 is 1.06 bits per heavy atom. The molecule has 0 aromatic heterocycles. The molecule has 2 aromatic carbocycles. The van der Waals surface area contributed by atoms with E-state index in [1.165, 1.54) is 33.4 Å². The van der Waals surface area contributed by atoms with Crippen LogP contribution in [0.5, 0.6) is 0 Å². The summed E-state index contributed by atoms with van der Waals surface area (Å²) < 4.78 is 0. The molecule has 1 aliphatic heterocycles. The van der Waals surface area contributed by atoms with Crippen molar-refractivity contribution in [2.24, 2.45) is 5.73 Å². The van der Waals surface area contributed by atoms with Gasteiger partial charge in [0.25, 0.3) is 0 Å². The summed E-state index contributed by atoms with van der Waals surface area (Å²) in [7, 11) is 0. The smallest absolute Gasteiger partial charge is 0.0667 e. The summed E-state index contributed by atoms with van der Waals surface area (Å²) in [4.78, 5) is 4.89. The van der Waals surface area contributed by atoms with Gasteiger partial charge in [-0.15, -0.1) is 12.8 Å². The van der Waals surface area contributed by atoms with Gasteiger partial charge in [-0.25, -0.2) is 0 Å². The Hall–Kier alpha value is -2.54. The summed E-state index contributed by atoms with van der Waals surface area (Å²) in [5, 5.41) is 0. The average molecular weight is 446 g/mol. The van der Waals surface area contributed by atoms with E-state index in [2.05, 4.69) is 100 Å². The number of hydrogen-bond acceptors (Lipinski definition) is 3. The first-order valence-corrected chi connectivity index (χ1v) is 12.2. The van der Waals surface area contributed by atoms with Crippen molar-refractivity contribution < 1.29 is 0 Å². The minimum absolute atomic E-state index is 0.344. The molecule has 0 spiro atoms. The summed E-state index contributed by atoms with van der Waals surface area (Å²) >= 11 is 0. The van der Waals surface area contributed by atoms with Crippen molar-refractivity contribution in [3.05, 3.63) is 76.4 Å². The quantitative estimate of drug-likeness (QED) is 0.438. The molecule has 3 heteroatoms. The highest BCUT2D eigenvalue weighted by Crippen LogP contribution is 2.34. The fraction of sp³-hybridized carbons (Fsp3) is 0.467. The largest absolute Gasteiger partial charge is 0.372 e. The number of fused-ring (bicyclic) bond motifs is 1. The van der Waals surface area contributed by atoms with E-state index in [1.54, 1.807) is 0 Å². The molecule has 1 aliphatic rings. The first kappa shape index (κ1) is 26.7. The van der Waals surface area contributed by atoms with Crippen LogP contribution in [-0.4, -0.2) is 28.6 Å². The van der Waals surface area contributed by atoms with E-state index < -0.39 is 0 Å². The van der Waals surface area contributed by atoms with Crippen molar-refractivity contribution >= 4 is 5.70 Å². The van der Waals surface area contributed by atoms with E-state index in [0.29, 0.717) is 0 Å². The first-order valence-electron chi connectivity index (χ1n) is 12.2. The lowest BCUT2D eigenvalue weighted by molar-refractivity contribution is 0.0977. The van der Waals surface area contributed by atoms with Gasteiger partial charge in [-0.2, -0.15) is 0 Å². The highest BCUT2D eigenvalue weighted by atomic mass is 15.3. The van der Waals surface area contributed by atoms with Gasteiger partial charge in [-0.1, -0.05) is 56.8 Å². The Balaban J connectivity index is 0.00000187. The maximum Gasteiger partial charge on any atom is 0.0667 e. The molecule has 0 saturated carbocycles. The third-order valence-electron chi connectivity index (χ3n) is 6.88. The van der Waals surface area contributed by atoms with Crippen LogP contribution in [0.15, 0.2) is 43.0 Å². The predicted octanol–water partition coefficient (Wildman–Crippen LogP) is 6.27. The normalized spacial score (nSPS) is 14.7. The number of hydrogen-bond donors (Lipinski definition) is 1. The van der Waals surface area contributed by atoms with Gasteiger partial charge in [-0.3, -0.25) is 4.90 Å². The Morgan fingerprint density at radius 3 is 2.33 bits per heavy atom. The molecule has 3 nitrogen and oxygen atoms in total. The molecule has 2 aromatic rings. The van der Waals surface area contributed by atoms with E-state index in [1.807, 2.05) is 0 Å². The number of terminal acetylenes is 1. The molecule has 0 aliphatic carbocycles. The van der Waals surface area contributed by atoms with Gasteiger partial charge in [0.15, 0.2) is 0 Å². The second-order valence-electron chi connectivity index (χ2n) is 9.51. The number of rotatable bonds is 10. The number of aryl methyl sites for hydroxylation is 3. The molecular weight excluding hydrogens is 402 g/mol. The SMILES string of the molecule is C#C.C=C(c1cccc2c1CN(C(C)(N)CCc1ccc(C)c(C)c1)C2)N(CCC)CCC. The maximum atomic E-state index is 6.89. The molecule has 0 saturated heterocycles. The van der Waals surface area contributed by atoms with Crippen LogP contribution in [0.4, 0.5) is 0 Å². The average Bonchev–Trinajstić information content (AvgIpc) is 3.26. The minimum Gasteiger partial charge on any atom is -0.372 e. The van der Waals surface area contributed by atoms with Crippen LogP contribution in [0, 0.1) is 26.7 Å². The van der Waals surface area contributed by atoms with Gasteiger partial charge >= 0.3 is 0 Å². The number of benzene rings is 2. The molecular formula is C30H43N3. The Labute approximate surface area is 202 Å². The molecule has 0 amide bonds. The van der Waals surface area contributed by atoms with Crippen molar-refractivity contribution in [3.8, 4) is 12.8 Å². The van der Waals surface area contributed by atoms with E-state index >= 15 is 0 Å². The van der Waals surface area contributed by atoms with Crippen LogP contribution in [0.2, 0.25) is 0 Å². The zero-order valence-corrected chi connectivity index (χ0v) is 21.5. The lowest BCUT2D eigenvalue weighted by Crippen LogP contribution is -2.51. The molecule has 1 unspecified atom stereocenters. The first-order chi connectivity index (χ1) is 15.8. The summed E-state index contributed by atoms with van der Waals surface area (Å²) in [6, 6.07) is 13.5. The fourth-order valence-electron chi connectivity index (χ4n) is 4.66. The lowest BCUT2D eigenvalue weighted by atomic mass is 9.98. The van der Waals surface area contributed by atoms with E-state index in [-0.39, 0.29) is 5.66 Å². The molecule has 33 heavy (non-hydrogen) atoms. The molecule has 178 valence electrons. The Morgan fingerprint density at radius 2 is 1.73 bits per heavy atom. The second kappa shape index (κ2) is 12.1. The molecule has 1 heterocycles. The third-order valence-corrected chi connectivity index (χ3v) is 6.88. The van der Waals surface area contributed by atoms with Gasteiger partial charge in [0.2, 0.25) is 0 Å². The number of nitrogens with two attached hydrogens (primary N) is 1. The predicted molar refractivity (Wildman–Crippen MR) is 144 cm³/mol. The van der Waals surface area contributed by atoms with Crippen molar-refractivity contribution in [1.82, 2.24) is 9.80 Å². The van der Waals surface area contributed by atoms with Crippen molar-refractivity contribution in [3.63, 3.8) is 0 Å². The van der Waals surface area contributed by atoms with Crippen LogP contribution >= 0.6 is 0 Å². The van der Waals surface area contributed by atoms with E-state index in [4.69, 9.17) is 5.73 Å². The highest BCUT2D eigenvalue weighted by Gasteiger charge is 2.33. The van der Waals surface area contributed by atoms with Gasteiger partial charge in [0, 0.05) is 37.4 Å². The minimum atomic E-state index is -0.344. The second-order valence-corrected chi connectivity index (χ2v) is 9.51. The molecule has 3 rings (SSSR count).